The summed E-state index contributed by atoms with van der Waals surface area (Å²) in [6.45, 7) is 4.58. The van der Waals surface area contributed by atoms with Crippen LogP contribution in [-0.2, 0) is 23.6 Å². The molecule has 0 aliphatic heterocycles. The summed E-state index contributed by atoms with van der Waals surface area (Å²) in [6.07, 6.45) is 30.6. The zero-order valence-electron chi connectivity index (χ0n) is 24.0. The van der Waals surface area contributed by atoms with Gasteiger partial charge in [0.1, 0.15) is 0 Å². The molecule has 0 atom stereocenters. The Morgan fingerprint density at radius 3 is 1.11 bits per heavy atom. The molecule has 0 rings (SSSR count). The first kappa shape index (κ1) is 43.4. The number of hydrogen-bond acceptors (Lipinski definition) is 5. The van der Waals surface area contributed by atoms with Crippen LogP contribution in [-0.4, -0.2) is 67.1 Å². The number of carbonyl (C=O) groups is 1. The Balaban J connectivity index is -0.00000612. The molecular formula is C30H64Mg2O5S. The average molecular weight is 586 g/mol. The van der Waals surface area contributed by atoms with Crippen LogP contribution in [0.15, 0.2) is 0 Å². The zero-order chi connectivity index (χ0) is 26.6. The molecule has 0 heterocycles. The summed E-state index contributed by atoms with van der Waals surface area (Å²) in [5.74, 6) is -0.701. The largest absolute Gasteiger partial charge is 0.451 e. The normalized spacial score (nSPS) is 11.1. The maximum absolute atomic E-state index is 11.8. The lowest BCUT2D eigenvalue weighted by Gasteiger charge is -2.06. The van der Waals surface area contributed by atoms with Crippen LogP contribution in [0.2, 0.25) is 0 Å². The van der Waals surface area contributed by atoms with Crippen molar-refractivity contribution in [2.75, 3.05) is 6.61 Å². The second-order valence-corrected chi connectivity index (χ2v) is 11.8. The summed E-state index contributed by atoms with van der Waals surface area (Å²) in [7, 11) is -4.21. The third-order valence-corrected chi connectivity index (χ3v) is 7.75. The van der Waals surface area contributed by atoms with Gasteiger partial charge in [0.05, 0.1) is 6.61 Å². The molecule has 0 aliphatic rings. The minimum Gasteiger partial charge on any atom is -0.325 e. The molecule has 5 nitrogen and oxygen atoms in total. The molecule has 0 spiro atoms. The van der Waals surface area contributed by atoms with Gasteiger partial charge in [-0.25, -0.2) is 4.18 Å². The van der Waals surface area contributed by atoms with Crippen molar-refractivity contribution in [3.05, 3.63) is 0 Å². The predicted octanol–water partition coefficient (Wildman–Crippen LogP) is 8.14. The van der Waals surface area contributed by atoms with Crippen LogP contribution in [0.25, 0.3) is 0 Å². The Morgan fingerprint density at radius 1 is 0.474 bits per heavy atom. The third-order valence-electron chi connectivity index (χ3n) is 6.91. The molecule has 0 fully saturated rings. The number of unbranched alkanes of at least 4 members (excludes halogenated alkanes) is 23. The van der Waals surface area contributed by atoms with E-state index in [0.29, 0.717) is 12.8 Å². The highest BCUT2D eigenvalue weighted by molar-refractivity contribution is 7.82. The molecule has 38 heavy (non-hydrogen) atoms. The highest BCUT2D eigenvalue weighted by Gasteiger charge is 2.17. The molecule has 224 valence electrons. The molecule has 0 aromatic carbocycles. The first-order chi connectivity index (χ1) is 17.5. The summed E-state index contributed by atoms with van der Waals surface area (Å²) in [5.41, 5.74) is 0. The van der Waals surface area contributed by atoms with Crippen molar-refractivity contribution in [3.63, 3.8) is 0 Å². The van der Waals surface area contributed by atoms with Gasteiger partial charge in [-0.15, -0.1) is 0 Å². The fourth-order valence-corrected chi connectivity index (χ4v) is 5.25. The molecule has 0 amide bonds. The monoisotopic (exact) mass is 584 g/mol. The maximum Gasteiger partial charge on any atom is 0.451 e. The van der Waals surface area contributed by atoms with E-state index in [1.54, 1.807) is 0 Å². The molecular weight excluding hydrogens is 521 g/mol. The Bertz CT molecular complexity index is 573. The fourth-order valence-electron chi connectivity index (χ4n) is 4.57. The summed E-state index contributed by atoms with van der Waals surface area (Å²) < 4.78 is 33.0. The highest BCUT2D eigenvalue weighted by Crippen LogP contribution is 2.15. The van der Waals surface area contributed by atoms with Crippen LogP contribution in [0.5, 0.6) is 0 Å². The highest BCUT2D eigenvalue weighted by atomic mass is 32.3. The van der Waals surface area contributed by atoms with Crippen LogP contribution in [0.3, 0.4) is 0 Å². The van der Waals surface area contributed by atoms with Gasteiger partial charge in [-0.1, -0.05) is 162 Å². The van der Waals surface area contributed by atoms with E-state index < -0.39 is 16.4 Å². The number of carbonyl (C=O) groups excluding carboxylic acids is 1. The molecule has 0 unspecified atom stereocenters. The van der Waals surface area contributed by atoms with Crippen LogP contribution in [0, 0.1) is 0 Å². The van der Waals surface area contributed by atoms with Crippen molar-refractivity contribution < 1.29 is 21.6 Å². The van der Waals surface area contributed by atoms with Crippen LogP contribution in [0.4, 0.5) is 0 Å². The van der Waals surface area contributed by atoms with Crippen molar-refractivity contribution in [2.24, 2.45) is 0 Å². The van der Waals surface area contributed by atoms with Gasteiger partial charge in [0.2, 0.25) is 0 Å². The van der Waals surface area contributed by atoms with Gasteiger partial charge in [-0.05, 0) is 12.8 Å². The molecule has 0 aromatic rings. The van der Waals surface area contributed by atoms with Crippen LogP contribution >= 0.6 is 0 Å². The second-order valence-electron chi connectivity index (χ2n) is 10.6. The molecule has 0 saturated heterocycles. The van der Waals surface area contributed by atoms with Crippen molar-refractivity contribution in [2.45, 2.75) is 181 Å². The molecule has 0 aromatic heterocycles. The van der Waals surface area contributed by atoms with E-state index in [1.165, 1.54) is 122 Å². The standard InChI is InChI=1S/C30H60O5S.2Mg.4H/c1-3-5-7-9-11-13-15-16-17-18-19-20-22-24-26-28-30(31)35-36(32,33)34-29-27-25-23-21-14-12-10-8-6-4-2;;;;;;/h3-29H2,1-2H3;;;;;;. The van der Waals surface area contributed by atoms with Crippen molar-refractivity contribution in [3.8, 4) is 0 Å². The first-order valence-electron chi connectivity index (χ1n) is 15.6. The van der Waals surface area contributed by atoms with E-state index in [1.807, 2.05) is 0 Å². The Labute approximate surface area is 269 Å². The van der Waals surface area contributed by atoms with Crippen molar-refractivity contribution >= 4 is 62.5 Å². The summed E-state index contributed by atoms with van der Waals surface area (Å²) in [5, 5.41) is 0. The molecule has 0 aliphatic carbocycles. The summed E-state index contributed by atoms with van der Waals surface area (Å²) in [4.78, 5) is 11.8. The SMILES string of the molecule is CCCCCCCCCCCCCCCCCC(=O)OS(=O)(=O)OCCCCCCCCCCCC.[MgH2].[MgH2]. The van der Waals surface area contributed by atoms with E-state index in [2.05, 4.69) is 18.0 Å². The summed E-state index contributed by atoms with van der Waals surface area (Å²) >= 11 is 0. The molecule has 8 heteroatoms. The minimum absolute atomic E-state index is 0. The number of rotatable bonds is 29. The quantitative estimate of drug-likeness (QED) is 0.0655. The van der Waals surface area contributed by atoms with Crippen molar-refractivity contribution in [1.29, 1.82) is 0 Å². The Morgan fingerprint density at radius 2 is 0.763 bits per heavy atom. The predicted molar refractivity (Wildman–Crippen MR) is 169 cm³/mol. The molecule has 0 radical (unpaired) electrons. The van der Waals surface area contributed by atoms with E-state index >= 15 is 0 Å². The molecule has 0 N–H and O–H groups in total. The first-order valence-corrected chi connectivity index (χ1v) is 17.0. The average Bonchev–Trinajstić information content (AvgIpc) is 2.84. The Hall–Kier alpha value is 0.912. The van der Waals surface area contributed by atoms with Gasteiger partial charge in [-0.2, -0.15) is 8.42 Å². The molecule has 0 saturated carbocycles. The van der Waals surface area contributed by atoms with Gasteiger partial charge >= 0.3 is 62.5 Å². The Kier molecular flexibility index (Phi) is 38.9. The van der Waals surface area contributed by atoms with Gasteiger partial charge in [0.15, 0.2) is 0 Å². The smallest absolute Gasteiger partial charge is 0.325 e. The third kappa shape index (κ3) is 34.9. The lowest BCUT2D eigenvalue weighted by molar-refractivity contribution is -0.134. The van der Waals surface area contributed by atoms with Gasteiger partial charge in [0.25, 0.3) is 0 Å². The lowest BCUT2D eigenvalue weighted by atomic mass is 10.0. The van der Waals surface area contributed by atoms with Crippen molar-refractivity contribution in [1.82, 2.24) is 0 Å². The van der Waals surface area contributed by atoms with Crippen LogP contribution < -0.4 is 0 Å². The maximum atomic E-state index is 11.8. The topological polar surface area (TPSA) is 69.7 Å². The van der Waals surface area contributed by atoms with Crippen LogP contribution in [0.1, 0.15) is 181 Å². The van der Waals surface area contributed by atoms with E-state index in [-0.39, 0.29) is 59.1 Å². The van der Waals surface area contributed by atoms with E-state index in [0.717, 1.165) is 25.7 Å². The second kappa shape index (κ2) is 34.1. The molecule has 0 bridgehead atoms. The summed E-state index contributed by atoms with van der Waals surface area (Å²) in [6, 6.07) is 0. The van der Waals surface area contributed by atoms with Gasteiger partial charge in [-0.3, -0.25) is 4.79 Å². The fraction of sp³-hybridized carbons (Fsp3) is 0.967. The lowest BCUT2D eigenvalue weighted by Crippen LogP contribution is -2.16. The van der Waals surface area contributed by atoms with Gasteiger partial charge < -0.3 is 4.18 Å². The zero-order valence-corrected chi connectivity index (χ0v) is 24.9. The van der Waals surface area contributed by atoms with E-state index in [9.17, 15) is 13.2 Å². The number of hydrogen-bond donors (Lipinski definition) is 0. The van der Waals surface area contributed by atoms with E-state index in [4.69, 9.17) is 4.18 Å². The minimum atomic E-state index is -4.21. The van der Waals surface area contributed by atoms with Gasteiger partial charge in [0, 0.05) is 6.42 Å².